The Bertz CT molecular complexity index is 526. The fraction of sp³-hybridized carbons (Fsp3) is 0.188. The van der Waals surface area contributed by atoms with E-state index in [4.69, 9.17) is 0 Å². The van der Waals surface area contributed by atoms with Gasteiger partial charge in [-0.25, -0.2) is 0 Å². The Balaban J connectivity index is 2.10. The summed E-state index contributed by atoms with van der Waals surface area (Å²) in [5.41, 5.74) is 4.37. The van der Waals surface area contributed by atoms with E-state index in [2.05, 4.69) is 29.6 Å². The van der Waals surface area contributed by atoms with Crippen LogP contribution >= 0.6 is 0 Å². The lowest BCUT2D eigenvalue weighted by atomic mass is 10.0. The molecule has 0 saturated carbocycles. The molecule has 0 aliphatic heterocycles. The summed E-state index contributed by atoms with van der Waals surface area (Å²) in [4.78, 5) is 11.2. The van der Waals surface area contributed by atoms with Crippen molar-refractivity contribution in [3.05, 3.63) is 65.2 Å². The van der Waals surface area contributed by atoms with E-state index in [9.17, 15) is 4.79 Å². The fourth-order valence-corrected chi connectivity index (χ4v) is 1.88. The number of ketones is 1. The number of carbonyl (C=O) groups excluding carboxylic acids is 1. The molecule has 2 nitrogen and oxygen atoms in total. The minimum atomic E-state index is 0.111. The van der Waals surface area contributed by atoms with Crippen LogP contribution in [0, 0.1) is 0 Å². The van der Waals surface area contributed by atoms with E-state index in [-0.39, 0.29) is 5.78 Å². The van der Waals surface area contributed by atoms with E-state index in [1.54, 1.807) is 6.92 Å². The Kier molecular flexibility index (Phi) is 3.78. The fourth-order valence-electron chi connectivity index (χ4n) is 1.88. The highest BCUT2D eigenvalue weighted by molar-refractivity contribution is 5.94. The largest absolute Gasteiger partial charge is 0.388 e. The molecule has 1 N–H and O–H groups in total. The maximum Gasteiger partial charge on any atom is 0.159 e. The minimum Gasteiger partial charge on any atom is -0.388 e. The molecule has 0 saturated heterocycles. The molecule has 0 atom stereocenters. The molecule has 92 valence electrons. The molecule has 0 bridgehead atoms. The van der Waals surface area contributed by atoms with Crippen LogP contribution < -0.4 is 5.32 Å². The van der Waals surface area contributed by atoms with Crippen LogP contribution in [0.15, 0.2) is 48.5 Å². The number of carbonyl (C=O) groups is 1. The van der Waals surface area contributed by atoms with Gasteiger partial charge >= 0.3 is 0 Å². The molecule has 0 amide bonds. The summed E-state index contributed by atoms with van der Waals surface area (Å²) in [6.45, 7) is 1.59. The molecule has 18 heavy (non-hydrogen) atoms. The van der Waals surface area contributed by atoms with E-state index in [0.29, 0.717) is 0 Å². The molecule has 0 spiro atoms. The highest BCUT2D eigenvalue weighted by Gasteiger charge is 2.00. The summed E-state index contributed by atoms with van der Waals surface area (Å²) >= 11 is 0. The van der Waals surface area contributed by atoms with Gasteiger partial charge in [0.1, 0.15) is 0 Å². The zero-order valence-electron chi connectivity index (χ0n) is 10.7. The van der Waals surface area contributed by atoms with E-state index in [1.807, 2.05) is 31.3 Å². The maximum atomic E-state index is 11.2. The summed E-state index contributed by atoms with van der Waals surface area (Å²) in [7, 11) is 1.91. The number of nitrogens with one attached hydrogen (secondary N) is 1. The summed E-state index contributed by atoms with van der Waals surface area (Å²) in [5.74, 6) is 0.111. The predicted octanol–water partition coefficient (Wildman–Crippen LogP) is 3.52. The molecule has 2 aromatic carbocycles. The van der Waals surface area contributed by atoms with Crippen LogP contribution in [0.3, 0.4) is 0 Å². The number of Topliss-reactive ketones (excluding diaryl/α,β-unsaturated/α-hetero) is 1. The summed E-state index contributed by atoms with van der Waals surface area (Å²) in [5, 5.41) is 3.10. The molecule has 2 rings (SSSR count). The average molecular weight is 239 g/mol. The Hall–Kier alpha value is -2.09. The molecular formula is C16H17NO. The van der Waals surface area contributed by atoms with Gasteiger partial charge in [0.05, 0.1) is 0 Å². The normalized spacial score (nSPS) is 10.1. The van der Waals surface area contributed by atoms with Gasteiger partial charge in [-0.2, -0.15) is 0 Å². The third-order valence-electron chi connectivity index (χ3n) is 3.01. The van der Waals surface area contributed by atoms with Gasteiger partial charge in [0.2, 0.25) is 0 Å². The van der Waals surface area contributed by atoms with Gasteiger partial charge in [-0.05, 0) is 36.6 Å². The van der Waals surface area contributed by atoms with Crippen molar-refractivity contribution in [3.8, 4) is 0 Å². The molecule has 0 fully saturated rings. The van der Waals surface area contributed by atoms with Gasteiger partial charge in [0.15, 0.2) is 5.78 Å². The van der Waals surface area contributed by atoms with Crippen LogP contribution in [0.2, 0.25) is 0 Å². The number of rotatable bonds is 4. The van der Waals surface area contributed by atoms with Gasteiger partial charge in [-0.3, -0.25) is 4.79 Å². The van der Waals surface area contributed by atoms with Crippen LogP contribution in [0.4, 0.5) is 5.69 Å². The Morgan fingerprint density at radius 2 is 1.44 bits per heavy atom. The smallest absolute Gasteiger partial charge is 0.159 e. The third kappa shape index (κ3) is 2.98. The zero-order chi connectivity index (χ0) is 13.0. The van der Waals surface area contributed by atoms with Gasteiger partial charge < -0.3 is 5.32 Å². The van der Waals surface area contributed by atoms with E-state index in [0.717, 1.165) is 17.7 Å². The minimum absolute atomic E-state index is 0.111. The lowest BCUT2D eigenvalue weighted by Crippen LogP contribution is -1.94. The topological polar surface area (TPSA) is 29.1 Å². The monoisotopic (exact) mass is 239 g/mol. The molecule has 0 aliphatic rings. The molecule has 0 radical (unpaired) electrons. The summed E-state index contributed by atoms with van der Waals surface area (Å²) in [6, 6.07) is 16.2. The van der Waals surface area contributed by atoms with Crippen molar-refractivity contribution < 1.29 is 4.79 Å². The van der Waals surface area contributed by atoms with Crippen molar-refractivity contribution in [2.24, 2.45) is 0 Å². The molecule has 0 aliphatic carbocycles. The molecule has 0 aromatic heterocycles. The molecule has 0 unspecified atom stereocenters. The lowest BCUT2D eigenvalue weighted by molar-refractivity contribution is 0.101. The van der Waals surface area contributed by atoms with Crippen molar-refractivity contribution in [1.29, 1.82) is 0 Å². The molecule has 2 aromatic rings. The third-order valence-corrected chi connectivity index (χ3v) is 3.01. The zero-order valence-corrected chi connectivity index (χ0v) is 10.7. The SMILES string of the molecule is CNc1ccc(Cc2ccc(C(C)=O)cc2)cc1. The number of anilines is 1. The van der Waals surface area contributed by atoms with Crippen LogP contribution in [-0.2, 0) is 6.42 Å². The van der Waals surface area contributed by atoms with E-state index < -0.39 is 0 Å². The van der Waals surface area contributed by atoms with Crippen molar-refractivity contribution >= 4 is 11.5 Å². The van der Waals surface area contributed by atoms with E-state index >= 15 is 0 Å². The van der Waals surface area contributed by atoms with Crippen molar-refractivity contribution in [3.63, 3.8) is 0 Å². The van der Waals surface area contributed by atoms with Crippen LogP contribution in [0.5, 0.6) is 0 Å². The molecular weight excluding hydrogens is 222 g/mol. The molecule has 2 heteroatoms. The first-order chi connectivity index (χ1) is 8.69. The summed E-state index contributed by atoms with van der Waals surface area (Å²) in [6.07, 6.45) is 0.891. The second-order valence-electron chi connectivity index (χ2n) is 4.38. The summed E-state index contributed by atoms with van der Waals surface area (Å²) < 4.78 is 0. The maximum absolute atomic E-state index is 11.2. The second-order valence-corrected chi connectivity index (χ2v) is 4.38. The van der Waals surface area contributed by atoms with Crippen molar-refractivity contribution in [2.45, 2.75) is 13.3 Å². The van der Waals surface area contributed by atoms with Crippen LogP contribution in [0.1, 0.15) is 28.4 Å². The molecule has 0 heterocycles. The first kappa shape index (κ1) is 12.4. The highest BCUT2D eigenvalue weighted by atomic mass is 16.1. The first-order valence-electron chi connectivity index (χ1n) is 6.05. The van der Waals surface area contributed by atoms with Gasteiger partial charge in [-0.1, -0.05) is 36.4 Å². The Morgan fingerprint density at radius 1 is 0.944 bits per heavy atom. The van der Waals surface area contributed by atoms with Crippen molar-refractivity contribution in [2.75, 3.05) is 12.4 Å². The number of hydrogen-bond acceptors (Lipinski definition) is 2. The van der Waals surface area contributed by atoms with Crippen LogP contribution in [0.25, 0.3) is 0 Å². The quantitative estimate of drug-likeness (QED) is 0.827. The van der Waals surface area contributed by atoms with Gasteiger partial charge in [0.25, 0.3) is 0 Å². The Labute approximate surface area is 108 Å². The first-order valence-corrected chi connectivity index (χ1v) is 6.05. The van der Waals surface area contributed by atoms with Crippen molar-refractivity contribution in [1.82, 2.24) is 0 Å². The average Bonchev–Trinajstić information content (AvgIpc) is 2.40. The number of hydrogen-bond donors (Lipinski definition) is 1. The highest BCUT2D eigenvalue weighted by Crippen LogP contribution is 2.14. The van der Waals surface area contributed by atoms with E-state index in [1.165, 1.54) is 11.1 Å². The number of benzene rings is 2. The lowest BCUT2D eigenvalue weighted by Gasteiger charge is -2.05. The Morgan fingerprint density at radius 3 is 1.89 bits per heavy atom. The van der Waals surface area contributed by atoms with Gasteiger partial charge in [0, 0.05) is 18.3 Å². The standard InChI is InChI=1S/C16H17NO/c1-12(18)15-7-3-13(4-8-15)11-14-5-9-16(17-2)10-6-14/h3-10,17H,11H2,1-2H3. The van der Waals surface area contributed by atoms with Crippen LogP contribution in [-0.4, -0.2) is 12.8 Å². The predicted molar refractivity (Wildman–Crippen MR) is 75.2 cm³/mol. The van der Waals surface area contributed by atoms with Gasteiger partial charge in [-0.15, -0.1) is 0 Å². The second kappa shape index (κ2) is 5.50.